The lowest BCUT2D eigenvalue weighted by Gasteiger charge is -2.30. The Morgan fingerprint density at radius 1 is 1.25 bits per heavy atom. The second kappa shape index (κ2) is 5.31. The molecule has 7 nitrogen and oxygen atoms in total. The van der Waals surface area contributed by atoms with Gasteiger partial charge in [-0.25, -0.2) is 0 Å². The number of carbonyl (C=O) groups is 2. The van der Waals surface area contributed by atoms with Gasteiger partial charge >= 0.3 is 0 Å². The first-order chi connectivity index (χ1) is 9.31. The molecule has 1 unspecified atom stereocenters. The zero-order chi connectivity index (χ0) is 14.9. The van der Waals surface area contributed by atoms with Gasteiger partial charge < -0.3 is 5.73 Å². The SMILES string of the molecule is NC1C(=O)N(CCCS(=O)(=O)O)C(=O)c2ccccc21. The van der Waals surface area contributed by atoms with Crippen molar-refractivity contribution in [1.82, 2.24) is 4.90 Å². The van der Waals surface area contributed by atoms with E-state index in [0.29, 0.717) is 11.1 Å². The Morgan fingerprint density at radius 3 is 2.55 bits per heavy atom. The summed E-state index contributed by atoms with van der Waals surface area (Å²) in [6.07, 6.45) is -0.0365. The van der Waals surface area contributed by atoms with E-state index in [4.69, 9.17) is 10.3 Å². The monoisotopic (exact) mass is 298 g/mol. The summed E-state index contributed by atoms with van der Waals surface area (Å²) in [5.74, 6) is -1.58. The number of fused-ring (bicyclic) bond motifs is 1. The van der Waals surface area contributed by atoms with Crippen LogP contribution in [0.3, 0.4) is 0 Å². The maximum absolute atomic E-state index is 12.2. The summed E-state index contributed by atoms with van der Waals surface area (Å²) in [5.41, 5.74) is 6.59. The third-order valence-corrected chi connectivity index (χ3v) is 3.89. The Labute approximate surface area is 116 Å². The van der Waals surface area contributed by atoms with Crippen LogP contribution in [0.1, 0.15) is 28.4 Å². The second-order valence-electron chi connectivity index (χ2n) is 4.50. The van der Waals surface area contributed by atoms with E-state index in [1.54, 1.807) is 24.3 Å². The highest BCUT2D eigenvalue weighted by Crippen LogP contribution is 2.25. The summed E-state index contributed by atoms with van der Waals surface area (Å²) in [6, 6.07) is 5.60. The van der Waals surface area contributed by atoms with Crippen molar-refractivity contribution in [2.75, 3.05) is 12.3 Å². The number of imide groups is 1. The number of rotatable bonds is 4. The van der Waals surface area contributed by atoms with Gasteiger partial charge in [0.05, 0.1) is 5.75 Å². The Kier molecular flexibility index (Phi) is 3.89. The summed E-state index contributed by atoms with van der Waals surface area (Å²) < 4.78 is 29.9. The lowest BCUT2D eigenvalue weighted by molar-refractivity contribution is -0.130. The second-order valence-corrected chi connectivity index (χ2v) is 6.07. The molecule has 2 rings (SSSR count). The van der Waals surface area contributed by atoms with Gasteiger partial charge in [0.2, 0.25) is 0 Å². The first kappa shape index (κ1) is 14.6. The van der Waals surface area contributed by atoms with Crippen LogP contribution in [0.25, 0.3) is 0 Å². The number of hydrogen-bond donors (Lipinski definition) is 2. The highest BCUT2D eigenvalue weighted by Gasteiger charge is 2.36. The van der Waals surface area contributed by atoms with E-state index < -0.39 is 33.7 Å². The third kappa shape index (κ3) is 2.87. The van der Waals surface area contributed by atoms with Gasteiger partial charge in [-0.05, 0) is 18.1 Å². The van der Waals surface area contributed by atoms with Crippen LogP contribution in [0.2, 0.25) is 0 Å². The van der Waals surface area contributed by atoms with E-state index in [1.165, 1.54) is 0 Å². The maximum atomic E-state index is 12.2. The minimum Gasteiger partial charge on any atom is -0.316 e. The maximum Gasteiger partial charge on any atom is 0.264 e. The molecule has 0 aliphatic carbocycles. The molecule has 8 heteroatoms. The average Bonchev–Trinajstić information content (AvgIpc) is 2.39. The number of benzene rings is 1. The van der Waals surface area contributed by atoms with Gasteiger partial charge in [-0.2, -0.15) is 8.42 Å². The van der Waals surface area contributed by atoms with E-state index >= 15 is 0 Å². The van der Waals surface area contributed by atoms with E-state index in [0.717, 1.165) is 4.90 Å². The first-order valence-electron chi connectivity index (χ1n) is 5.96. The lowest BCUT2D eigenvalue weighted by atomic mass is 9.94. The minimum atomic E-state index is -4.11. The van der Waals surface area contributed by atoms with Crippen molar-refractivity contribution >= 4 is 21.9 Å². The molecule has 0 radical (unpaired) electrons. The molecular weight excluding hydrogens is 284 g/mol. The van der Waals surface area contributed by atoms with Crippen LogP contribution in [-0.2, 0) is 14.9 Å². The highest BCUT2D eigenvalue weighted by atomic mass is 32.2. The first-order valence-corrected chi connectivity index (χ1v) is 7.57. The van der Waals surface area contributed by atoms with Crippen LogP contribution in [-0.4, -0.2) is 42.0 Å². The van der Waals surface area contributed by atoms with Crippen LogP contribution >= 0.6 is 0 Å². The fraction of sp³-hybridized carbons (Fsp3) is 0.333. The standard InChI is InChI=1S/C12H14N2O5S/c13-10-8-4-1-2-5-9(8)11(15)14(12(10)16)6-3-7-20(17,18)19/h1-2,4-5,10H,3,6-7,13H2,(H,17,18,19). The number of carbonyl (C=O) groups excluding carboxylic acids is 2. The summed E-state index contributed by atoms with van der Waals surface area (Å²) >= 11 is 0. The molecule has 20 heavy (non-hydrogen) atoms. The third-order valence-electron chi connectivity index (χ3n) is 3.09. The number of nitrogens with zero attached hydrogens (tertiary/aromatic N) is 1. The van der Waals surface area contributed by atoms with Crippen molar-refractivity contribution in [2.45, 2.75) is 12.5 Å². The van der Waals surface area contributed by atoms with Crippen LogP contribution < -0.4 is 5.73 Å². The van der Waals surface area contributed by atoms with Gasteiger partial charge in [0.1, 0.15) is 6.04 Å². The van der Waals surface area contributed by atoms with E-state index in [1.807, 2.05) is 0 Å². The molecule has 1 aromatic carbocycles. The summed E-state index contributed by atoms with van der Waals surface area (Å²) in [4.78, 5) is 25.1. The normalized spacial score (nSPS) is 19.1. The predicted molar refractivity (Wildman–Crippen MR) is 70.4 cm³/mol. The summed E-state index contributed by atoms with van der Waals surface area (Å²) in [5, 5.41) is 0. The molecule has 1 atom stereocenters. The number of nitrogens with two attached hydrogens (primary N) is 1. The molecule has 108 valence electrons. The Bertz CT molecular complexity index is 656. The fourth-order valence-corrected chi connectivity index (χ4v) is 2.62. The van der Waals surface area contributed by atoms with Crippen LogP contribution in [0.15, 0.2) is 24.3 Å². The van der Waals surface area contributed by atoms with E-state index in [2.05, 4.69) is 0 Å². The molecule has 1 aliphatic rings. The number of hydrogen-bond acceptors (Lipinski definition) is 5. The van der Waals surface area contributed by atoms with Crippen LogP contribution in [0.4, 0.5) is 0 Å². The van der Waals surface area contributed by atoms with Crippen LogP contribution in [0, 0.1) is 0 Å². The van der Waals surface area contributed by atoms with Gasteiger partial charge in [0.25, 0.3) is 21.9 Å². The molecule has 0 spiro atoms. The summed E-state index contributed by atoms with van der Waals surface area (Å²) in [7, 11) is -4.11. The molecule has 1 aromatic rings. The lowest BCUT2D eigenvalue weighted by Crippen LogP contribution is -2.48. The molecule has 0 fully saturated rings. The molecule has 1 aliphatic heterocycles. The Morgan fingerprint density at radius 2 is 1.90 bits per heavy atom. The molecule has 1 heterocycles. The van der Waals surface area contributed by atoms with Crippen molar-refractivity contribution < 1.29 is 22.6 Å². The van der Waals surface area contributed by atoms with Crippen molar-refractivity contribution in [3.63, 3.8) is 0 Å². The van der Waals surface area contributed by atoms with Gasteiger partial charge in [0.15, 0.2) is 0 Å². The molecule has 0 aromatic heterocycles. The summed E-state index contributed by atoms with van der Waals surface area (Å²) in [6.45, 7) is -0.0977. The fourth-order valence-electron chi connectivity index (χ4n) is 2.13. The van der Waals surface area contributed by atoms with Crippen molar-refractivity contribution in [2.24, 2.45) is 5.73 Å². The van der Waals surface area contributed by atoms with Gasteiger partial charge in [-0.15, -0.1) is 0 Å². The minimum absolute atomic E-state index is 0.0365. The molecule has 0 saturated carbocycles. The zero-order valence-corrected chi connectivity index (χ0v) is 11.3. The smallest absolute Gasteiger partial charge is 0.264 e. The van der Waals surface area contributed by atoms with Gasteiger partial charge in [-0.3, -0.25) is 19.0 Å². The van der Waals surface area contributed by atoms with Crippen LogP contribution in [0.5, 0.6) is 0 Å². The molecule has 3 N–H and O–H groups in total. The topological polar surface area (TPSA) is 118 Å². The zero-order valence-electron chi connectivity index (χ0n) is 10.5. The van der Waals surface area contributed by atoms with E-state index in [9.17, 15) is 18.0 Å². The van der Waals surface area contributed by atoms with Crippen molar-refractivity contribution in [3.8, 4) is 0 Å². The van der Waals surface area contributed by atoms with Crippen molar-refractivity contribution in [3.05, 3.63) is 35.4 Å². The highest BCUT2D eigenvalue weighted by molar-refractivity contribution is 7.85. The molecular formula is C12H14N2O5S. The van der Waals surface area contributed by atoms with E-state index in [-0.39, 0.29) is 13.0 Å². The number of amides is 2. The Balaban J connectivity index is 2.20. The average molecular weight is 298 g/mol. The van der Waals surface area contributed by atoms with Crippen molar-refractivity contribution in [1.29, 1.82) is 0 Å². The quantitative estimate of drug-likeness (QED) is 0.594. The van der Waals surface area contributed by atoms with Gasteiger partial charge in [-0.1, -0.05) is 18.2 Å². The molecule has 0 bridgehead atoms. The molecule has 2 amide bonds. The molecule has 0 saturated heterocycles. The Hall–Kier alpha value is -1.77. The van der Waals surface area contributed by atoms with Gasteiger partial charge in [0, 0.05) is 12.1 Å². The predicted octanol–water partition coefficient (Wildman–Crippen LogP) is -0.0533. The largest absolute Gasteiger partial charge is 0.316 e.